The van der Waals surface area contributed by atoms with Gasteiger partial charge < -0.3 is 4.57 Å². The fourth-order valence-corrected chi connectivity index (χ4v) is 9.92. The van der Waals surface area contributed by atoms with Crippen LogP contribution in [0.4, 0.5) is 0 Å². The average Bonchev–Trinajstić information content (AvgIpc) is 3.84. The zero-order valence-corrected chi connectivity index (χ0v) is 33.2. The highest BCUT2D eigenvalue weighted by atomic mass is 32.1. The summed E-state index contributed by atoms with van der Waals surface area (Å²) in [7, 11) is 0. The van der Waals surface area contributed by atoms with Gasteiger partial charge in [0.2, 0.25) is 0 Å². The van der Waals surface area contributed by atoms with Gasteiger partial charge in [-0.2, -0.15) is 0 Å². The first-order chi connectivity index (χ1) is 30.1. The number of aromatic nitrogens is 5. The SMILES string of the molecule is O=c1c2cc3c(cc2c2ccc4c(c5ccccc5n4-c4ccccc4)c2c(=O)n1-c1ccc(-c2nc(-c4ccccc4)nc(-c4ccccc4)n2)cc1)sc1ccccc13. The Morgan fingerprint density at radius 3 is 1.57 bits per heavy atom. The van der Waals surface area contributed by atoms with Gasteiger partial charge in [-0.3, -0.25) is 9.59 Å². The van der Waals surface area contributed by atoms with E-state index in [0.717, 1.165) is 75.1 Å². The van der Waals surface area contributed by atoms with E-state index >= 15 is 9.59 Å². The van der Waals surface area contributed by atoms with Crippen molar-refractivity contribution in [2.24, 2.45) is 0 Å². The molecule has 0 spiro atoms. The molecule has 12 rings (SSSR count). The molecule has 0 amide bonds. The number of para-hydroxylation sites is 2. The lowest BCUT2D eigenvalue weighted by Crippen LogP contribution is -2.28. The maximum absolute atomic E-state index is 15.6. The Balaban J connectivity index is 1.15. The molecule has 0 atom stereocenters. The van der Waals surface area contributed by atoms with Crippen molar-refractivity contribution in [1.29, 1.82) is 0 Å². The van der Waals surface area contributed by atoms with Crippen molar-refractivity contribution in [1.82, 2.24) is 24.1 Å². The zero-order chi connectivity index (χ0) is 40.6. The number of thiophene rings is 1. The Morgan fingerprint density at radius 1 is 0.344 bits per heavy atom. The van der Waals surface area contributed by atoms with Crippen LogP contribution < -0.4 is 11.1 Å². The van der Waals surface area contributed by atoms with Gasteiger partial charge in [0, 0.05) is 58.7 Å². The summed E-state index contributed by atoms with van der Waals surface area (Å²) >= 11 is 1.69. The Bertz CT molecular complexity index is 3790. The van der Waals surface area contributed by atoms with E-state index in [9.17, 15) is 0 Å². The number of benzene rings is 8. The van der Waals surface area contributed by atoms with Crippen molar-refractivity contribution < 1.29 is 0 Å². The largest absolute Gasteiger partial charge is 0.309 e. The molecule has 61 heavy (non-hydrogen) atoms. The molecule has 12 aromatic rings. The molecule has 0 unspecified atom stereocenters. The second kappa shape index (κ2) is 13.8. The monoisotopic (exact) mass is 801 g/mol. The molecule has 4 heterocycles. The van der Waals surface area contributed by atoms with Crippen molar-refractivity contribution in [3.05, 3.63) is 209 Å². The van der Waals surface area contributed by atoms with Gasteiger partial charge in [-0.1, -0.05) is 121 Å². The van der Waals surface area contributed by atoms with Crippen molar-refractivity contribution in [2.45, 2.75) is 0 Å². The summed E-state index contributed by atoms with van der Waals surface area (Å²) in [5.41, 5.74) is 4.94. The van der Waals surface area contributed by atoms with Crippen LogP contribution in [0.3, 0.4) is 0 Å². The molecule has 0 aliphatic rings. The number of hydrogen-bond acceptors (Lipinski definition) is 6. The van der Waals surface area contributed by atoms with Gasteiger partial charge in [-0.15, -0.1) is 11.3 Å². The lowest BCUT2D eigenvalue weighted by atomic mass is 10.0. The number of nitrogens with zero attached hydrogens (tertiary/aromatic N) is 5. The number of fused-ring (bicyclic) bond motifs is 10. The van der Waals surface area contributed by atoms with Crippen molar-refractivity contribution in [3.8, 4) is 45.5 Å². The molecule has 0 bridgehead atoms. The molecular weight excluding hydrogens is 771 g/mol. The highest BCUT2D eigenvalue weighted by Gasteiger charge is 2.22. The fourth-order valence-electron chi connectivity index (χ4n) is 8.79. The summed E-state index contributed by atoms with van der Waals surface area (Å²) in [6, 6.07) is 61.8. The molecule has 0 saturated heterocycles. The molecule has 7 nitrogen and oxygen atoms in total. The van der Waals surface area contributed by atoms with Crippen LogP contribution in [0.15, 0.2) is 198 Å². The minimum Gasteiger partial charge on any atom is -0.309 e. The van der Waals surface area contributed by atoms with E-state index in [0.29, 0.717) is 33.9 Å². The molecular formula is C53H31N5O2S. The molecule has 0 aliphatic heterocycles. The van der Waals surface area contributed by atoms with E-state index in [2.05, 4.69) is 53.1 Å². The molecule has 8 heteroatoms. The Kier molecular flexibility index (Phi) is 7.88. The second-order valence-electron chi connectivity index (χ2n) is 15.1. The van der Waals surface area contributed by atoms with E-state index in [1.807, 2.05) is 140 Å². The quantitative estimate of drug-likeness (QED) is 0.173. The first-order valence-electron chi connectivity index (χ1n) is 20.0. The van der Waals surface area contributed by atoms with Gasteiger partial charge in [-0.25, -0.2) is 19.5 Å². The van der Waals surface area contributed by atoms with E-state index in [-0.39, 0.29) is 5.56 Å². The van der Waals surface area contributed by atoms with Gasteiger partial charge in [0.15, 0.2) is 17.5 Å². The van der Waals surface area contributed by atoms with Gasteiger partial charge in [-0.05, 0) is 77.5 Å². The van der Waals surface area contributed by atoms with Crippen LogP contribution >= 0.6 is 11.3 Å². The van der Waals surface area contributed by atoms with Gasteiger partial charge >= 0.3 is 0 Å². The molecule has 0 aliphatic carbocycles. The molecule has 0 radical (unpaired) electrons. The summed E-state index contributed by atoms with van der Waals surface area (Å²) in [5, 5.41) is 6.20. The predicted molar refractivity (Wildman–Crippen MR) is 250 cm³/mol. The van der Waals surface area contributed by atoms with E-state index in [4.69, 9.17) is 15.0 Å². The summed E-state index contributed by atoms with van der Waals surface area (Å²) in [4.78, 5) is 45.5. The van der Waals surface area contributed by atoms with Crippen LogP contribution in [0, 0.1) is 0 Å². The summed E-state index contributed by atoms with van der Waals surface area (Å²) in [6.45, 7) is 0. The number of hydrogen-bond donors (Lipinski definition) is 0. The van der Waals surface area contributed by atoms with Crippen LogP contribution in [0.5, 0.6) is 0 Å². The summed E-state index contributed by atoms with van der Waals surface area (Å²) < 4.78 is 5.74. The lowest BCUT2D eigenvalue weighted by Gasteiger charge is -2.09. The highest BCUT2D eigenvalue weighted by molar-refractivity contribution is 7.25. The van der Waals surface area contributed by atoms with Crippen molar-refractivity contribution in [2.75, 3.05) is 0 Å². The first kappa shape index (κ1) is 34.9. The van der Waals surface area contributed by atoms with Crippen LogP contribution in [0.25, 0.3) is 109 Å². The molecule has 0 fully saturated rings. The standard InChI is InChI=1S/C53H31N5O2S/c59-52-42-30-41-37-20-11-13-23-45(37)61-46(41)31-40(42)38-28-29-44-47(39-21-10-12-22-43(39)57(44)35-18-8-3-9-19-35)48(38)53(60)58(52)36-26-24-34(25-27-36)51-55-49(32-14-4-1-5-15-32)54-50(56-51)33-16-6-2-7-17-33/h1-31H. The fraction of sp³-hybridized carbons (Fsp3) is 0. The van der Waals surface area contributed by atoms with E-state index in [1.165, 1.54) is 4.57 Å². The molecule has 4 aromatic heterocycles. The topological polar surface area (TPSA) is 82.7 Å². The first-order valence-corrected chi connectivity index (χ1v) is 20.8. The van der Waals surface area contributed by atoms with Crippen LogP contribution in [-0.4, -0.2) is 24.1 Å². The molecule has 0 N–H and O–H groups in total. The average molecular weight is 802 g/mol. The molecule has 8 aromatic carbocycles. The minimum absolute atomic E-state index is 0.390. The predicted octanol–water partition coefficient (Wildman–Crippen LogP) is 12.2. The third-order valence-corrected chi connectivity index (χ3v) is 12.7. The maximum Gasteiger partial charge on any atom is 0.266 e. The van der Waals surface area contributed by atoms with E-state index in [1.54, 1.807) is 11.3 Å². The number of rotatable bonds is 5. The Hall–Kier alpha value is -8.07. The zero-order valence-electron chi connectivity index (χ0n) is 32.4. The van der Waals surface area contributed by atoms with Crippen LogP contribution in [-0.2, 0) is 0 Å². The minimum atomic E-state index is -0.392. The summed E-state index contributed by atoms with van der Waals surface area (Å²) in [5.74, 6) is 1.57. The molecule has 0 saturated carbocycles. The highest BCUT2D eigenvalue weighted by Crippen LogP contribution is 2.40. The third-order valence-electron chi connectivity index (χ3n) is 11.6. The summed E-state index contributed by atoms with van der Waals surface area (Å²) in [6.07, 6.45) is 0. The normalized spacial score (nSPS) is 11.7. The van der Waals surface area contributed by atoms with Crippen molar-refractivity contribution in [3.63, 3.8) is 0 Å². The third kappa shape index (κ3) is 5.54. The van der Waals surface area contributed by atoms with Gasteiger partial charge in [0.05, 0.1) is 22.1 Å². The maximum atomic E-state index is 15.6. The van der Waals surface area contributed by atoms with Gasteiger partial charge in [0.1, 0.15) is 0 Å². The van der Waals surface area contributed by atoms with E-state index < -0.39 is 5.56 Å². The Morgan fingerprint density at radius 2 is 0.902 bits per heavy atom. The van der Waals surface area contributed by atoms with Crippen molar-refractivity contribution >= 4 is 74.9 Å². The van der Waals surface area contributed by atoms with Gasteiger partial charge in [0.25, 0.3) is 11.1 Å². The lowest BCUT2D eigenvalue weighted by molar-refractivity contribution is 0.976. The van der Waals surface area contributed by atoms with Crippen LogP contribution in [0.2, 0.25) is 0 Å². The second-order valence-corrected chi connectivity index (χ2v) is 16.2. The smallest absolute Gasteiger partial charge is 0.266 e. The molecule has 286 valence electrons. The Labute approximate surface area is 351 Å². The van der Waals surface area contributed by atoms with Crippen LogP contribution in [0.1, 0.15) is 0 Å².